The Morgan fingerprint density at radius 3 is 2.88 bits per heavy atom. The number of hydrogen-bond donors (Lipinski definition) is 0. The van der Waals surface area contributed by atoms with Crippen molar-refractivity contribution in [1.82, 2.24) is 0 Å². The number of hydrogen-bond acceptors (Lipinski definition) is 2. The van der Waals surface area contributed by atoms with E-state index in [0.717, 1.165) is 0 Å². The molecule has 1 aliphatic rings. The van der Waals surface area contributed by atoms with Gasteiger partial charge in [-0.1, -0.05) is 0 Å². The lowest BCUT2D eigenvalue weighted by Gasteiger charge is -2.15. The molecule has 1 aromatic rings. The summed E-state index contributed by atoms with van der Waals surface area (Å²) in [4.78, 5) is 13.0. The van der Waals surface area contributed by atoms with Crippen LogP contribution in [-0.2, 0) is 4.79 Å². The van der Waals surface area contributed by atoms with Crippen LogP contribution in [0.3, 0.4) is 0 Å². The summed E-state index contributed by atoms with van der Waals surface area (Å²) in [7, 11) is 0. The van der Waals surface area contributed by atoms with E-state index >= 15 is 0 Å². The summed E-state index contributed by atoms with van der Waals surface area (Å²) in [5.74, 6) is -0.684. The molecule has 3 nitrogen and oxygen atoms in total. The van der Waals surface area contributed by atoms with E-state index in [1.807, 2.05) is 0 Å². The van der Waals surface area contributed by atoms with Gasteiger partial charge in [0.1, 0.15) is 11.9 Å². The number of nitrogens with zero attached hydrogens (tertiary/aromatic N) is 2. The number of rotatable bonds is 1. The van der Waals surface area contributed by atoms with Gasteiger partial charge in [-0.15, -0.1) is 11.6 Å². The number of benzene rings is 1. The molecule has 0 bridgehead atoms. The van der Waals surface area contributed by atoms with Crippen LogP contribution in [-0.4, -0.2) is 17.8 Å². The second-order valence-electron chi connectivity index (χ2n) is 3.58. The van der Waals surface area contributed by atoms with Crippen molar-refractivity contribution in [2.45, 2.75) is 11.8 Å². The Hall–Kier alpha value is -1.60. The number of amides is 1. The van der Waals surface area contributed by atoms with Gasteiger partial charge in [0, 0.05) is 18.7 Å². The average Bonchev–Trinajstić information content (AvgIpc) is 2.59. The molecule has 2 rings (SSSR count). The van der Waals surface area contributed by atoms with E-state index in [1.54, 1.807) is 6.07 Å². The molecule has 0 radical (unpaired) electrons. The molecule has 16 heavy (non-hydrogen) atoms. The first kappa shape index (κ1) is 10.9. The molecular weight excluding hydrogens is 231 g/mol. The minimum absolute atomic E-state index is 0.0664. The third-order valence-electron chi connectivity index (χ3n) is 2.46. The topological polar surface area (TPSA) is 44.1 Å². The van der Waals surface area contributed by atoms with Gasteiger partial charge < -0.3 is 4.90 Å². The van der Waals surface area contributed by atoms with Crippen molar-refractivity contribution in [3.05, 3.63) is 29.6 Å². The van der Waals surface area contributed by atoms with Crippen molar-refractivity contribution in [3.63, 3.8) is 0 Å². The van der Waals surface area contributed by atoms with Crippen molar-refractivity contribution in [2.24, 2.45) is 0 Å². The van der Waals surface area contributed by atoms with Gasteiger partial charge in [0.25, 0.3) is 0 Å². The van der Waals surface area contributed by atoms with E-state index in [4.69, 9.17) is 16.9 Å². The van der Waals surface area contributed by atoms with Crippen molar-refractivity contribution < 1.29 is 9.18 Å². The van der Waals surface area contributed by atoms with Crippen LogP contribution < -0.4 is 4.90 Å². The summed E-state index contributed by atoms with van der Waals surface area (Å²) >= 11 is 5.86. The number of alkyl halides is 1. The number of carbonyl (C=O) groups is 1. The molecule has 1 unspecified atom stereocenters. The van der Waals surface area contributed by atoms with Crippen LogP contribution in [0.5, 0.6) is 0 Å². The molecule has 0 saturated carbocycles. The Labute approximate surface area is 97.0 Å². The molecule has 0 aromatic heterocycles. The third-order valence-corrected chi connectivity index (χ3v) is 2.75. The quantitative estimate of drug-likeness (QED) is 0.703. The van der Waals surface area contributed by atoms with Crippen molar-refractivity contribution >= 4 is 23.2 Å². The van der Waals surface area contributed by atoms with Crippen LogP contribution in [0.4, 0.5) is 10.1 Å². The molecule has 1 atom stereocenters. The number of carbonyl (C=O) groups excluding carboxylic acids is 1. The van der Waals surface area contributed by atoms with Crippen LogP contribution in [0.1, 0.15) is 12.0 Å². The minimum Gasteiger partial charge on any atom is -0.311 e. The highest BCUT2D eigenvalue weighted by atomic mass is 35.5. The zero-order valence-electron chi connectivity index (χ0n) is 8.28. The minimum atomic E-state index is -0.583. The van der Waals surface area contributed by atoms with Crippen LogP contribution >= 0.6 is 11.6 Å². The molecule has 1 saturated heterocycles. The standard InChI is InChI=1S/C11H8ClFN2O/c12-8-4-11(16)15(6-8)9-1-2-10(13)7(3-9)5-14/h1-3,8H,4,6H2. The number of anilines is 1. The van der Waals surface area contributed by atoms with E-state index in [2.05, 4.69) is 0 Å². The molecule has 1 heterocycles. The molecule has 1 amide bonds. The summed E-state index contributed by atoms with van der Waals surface area (Å²) in [5, 5.41) is 8.46. The molecule has 1 aromatic carbocycles. The predicted octanol–water partition coefficient (Wildman–Crippen LogP) is 2.04. The van der Waals surface area contributed by atoms with Crippen molar-refractivity contribution in [3.8, 4) is 6.07 Å². The highest BCUT2D eigenvalue weighted by Gasteiger charge is 2.29. The Bertz CT molecular complexity index is 483. The number of nitriles is 1. The first-order valence-corrected chi connectivity index (χ1v) is 5.19. The first-order valence-electron chi connectivity index (χ1n) is 4.76. The highest BCUT2D eigenvalue weighted by molar-refractivity contribution is 6.24. The molecule has 0 aliphatic carbocycles. The van der Waals surface area contributed by atoms with E-state index in [1.165, 1.54) is 23.1 Å². The van der Waals surface area contributed by atoms with Crippen molar-refractivity contribution in [1.29, 1.82) is 5.26 Å². The fourth-order valence-electron chi connectivity index (χ4n) is 1.68. The fourth-order valence-corrected chi connectivity index (χ4v) is 1.95. The van der Waals surface area contributed by atoms with Gasteiger partial charge in [0.2, 0.25) is 5.91 Å². The summed E-state index contributed by atoms with van der Waals surface area (Å²) in [6, 6.07) is 5.76. The van der Waals surface area contributed by atoms with Gasteiger partial charge in [0.15, 0.2) is 0 Å². The van der Waals surface area contributed by atoms with Gasteiger partial charge in [-0.25, -0.2) is 4.39 Å². The van der Waals surface area contributed by atoms with E-state index in [9.17, 15) is 9.18 Å². The van der Waals surface area contributed by atoms with E-state index in [0.29, 0.717) is 12.2 Å². The normalized spacial score (nSPS) is 19.9. The second kappa shape index (κ2) is 4.11. The maximum absolute atomic E-state index is 13.1. The zero-order valence-corrected chi connectivity index (χ0v) is 9.04. The van der Waals surface area contributed by atoms with Crippen LogP contribution in [0.15, 0.2) is 18.2 Å². The number of halogens is 2. The smallest absolute Gasteiger partial charge is 0.228 e. The largest absolute Gasteiger partial charge is 0.311 e. The lowest BCUT2D eigenvalue weighted by atomic mass is 10.2. The Morgan fingerprint density at radius 1 is 1.56 bits per heavy atom. The summed E-state index contributed by atoms with van der Waals surface area (Å²) in [5.41, 5.74) is 0.453. The third kappa shape index (κ3) is 1.86. The van der Waals surface area contributed by atoms with Crippen molar-refractivity contribution in [2.75, 3.05) is 11.4 Å². The van der Waals surface area contributed by atoms with Crippen LogP contribution in [0, 0.1) is 17.1 Å². The highest BCUT2D eigenvalue weighted by Crippen LogP contribution is 2.25. The summed E-state index contributed by atoms with van der Waals surface area (Å²) in [6.07, 6.45) is 0.279. The lowest BCUT2D eigenvalue weighted by molar-refractivity contribution is -0.117. The van der Waals surface area contributed by atoms with Gasteiger partial charge in [0.05, 0.1) is 10.9 Å². The maximum atomic E-state index is 13.1. The second-order valence-corrected chi connectivity index (χ2v) is 4.20. The SMILES string of the molecule is N#Cc1cc(N2CC(Cl)CC2=O)ccc1F. The fraction of sp³-hybridized carbons (Fsp3) is 0.273. The molecule has 1 aliphatic heterocycles. The maximum Gasteiger partial charge on any atom is 0.228 e. The molecular formula is C11H8ClFN2O. The predicted molar refractivity (Wildman–Crippen MR) is 57.7 cm³/mol. The van der Waals surface area contributed by atoms with E-state index in [-0.39, 0.29) is 23.3 Å². The van der Waals surface area contributed by atoms with Gasteiger partial charge in [-0.3, -0.25) is 4.79 Å². The summed E-state index contributed by atoms with van der Waals surface area (Å²) in [6.45, 7) is 0.400. The first-order chi connectivity index (χ1) is 7.61. The Morgan fingerprint density at radius 2 is 2.31 bits per heavy atom. The van der Waals surface area contributed by atoms with Gasteiger partial charge in [-0.05, 0) is 18.2 Å². The summed E-state index contributed by atoms with van der Waals surface area (Å²) < 4.78 is 13.1. The zero-order chi connectivity index (χ0) is 11.7. The van der Waals surface area contributed by atoms with E-state index < -0.39 is 5.82 Å². The Kier molecular flexibility index (Phi) is 2.80. The Balaban J connectivity index is 2.35. The monoisotopic (exact) mass is 238 g/mol. The molecule has 1 fully saturated rings. The molecule has 0 spiro atoms. The molecule has 82 valence electrons. The lowest BCUT2D eigenvalue weighted by Crippen LogP contribution is -2.24. The van der Waals surface area contributed by atoms with Gasteiger partial charge >= 0.3 is 0 Å². The van der Waals surface area contributed by atoms with Gasteiger partial charge in [-0.2, -0.15) is 5.26 Å². The molecule has 5 heteroatoms. The average molecular weight is 239 g/mol. The molecule has 0 N–H and O–H groups in total. The van der Waals surface area contributed by atoms with Crippen LogP contribution in [0.2, 0.25) is 0 Å². The van der Waals surface area contributed by atoms with Crippen LogP contribution in [0.25, 0.3) is 0 Å².